The number of halogens is 1. The number of hydrogen-bond acceptors (Lipinski definition) is 3. The molecule has 2 aromatic carbocycles. The van der Waals surface area contributed by atoms with Crippen molar-refractivity contribution < 1.29 is 18.7 Å². The van der Waals surface area contributed by atoms with Crippen molar-refractivity contribution in [2.24, 2.45) is 0 Å². The number of hydrogen-bond donors (Lipinski definition) is 1. The fourth-order valence-corrected chi connectivity index (χ4v) is 3.49. The molecule has 1 aliphatic rings. The van der Waals surface area contributed by atoms with E-state index in [0.29, 0.717) is 5.75 Å². The molecule has 4 nitrogen and oxygen atoms in total. The predicted octanol–water partition coefficient (Wildman–Crippen LogP) is 4.08. The summed E-state index contributed by atoms with van der Waals surface area (Å²) in [6.45, 7) is 1.92. The summed E-state index contributed by atoms with van der Waals surface area (Å²) >= 11 is 0. The van der Waals surface area contributed by atoms with Gasteiger partial charge in [-0.2, -0.15) is 0 Å². The van der Waals surface area contributed by atoms with E-state index in [4.69, 9.17) is 9.47 Å². The molecule has 132 valence electrons. The van der Waals surface area contributed by atoms with Crippen molar-refractivity contribution in [3.63, 3.8) is 0 Å². The second-order valence-corrected chi connectivity index (χ2v) is 6.48. The van der Waals surface area contributed by atoms with E-state index < -0.39 is 11.2 Å². The van der Waals surface area contributed by atoms with Gasteiger partial charge < -0.3 is 14.8 Å². The van der Waals surface area contributed by atoms with E-state index in [9.17, 15) is 9.18 Å². The molecule has 0 bridgehead atoms. The van der Waals surface area contributed by atoms with Gasteiger partial charge in [0.25, 0.3) is 0 Å². The van der Waals surface area contributed by atoms with Gasteiger partial charge in [-0.1, -0.05) is 24.3 Å². The van der Waals surface area contributed by atoms with E-state index in [2.05, 4.69) is 11.4 Å². The van der Waals surface area contributed by atoms with Crippen LogP contribution in [0.2, 0.25) is 0 Å². The van der Waals surface area contributed by atoms with Gasteiger partial charge in [0.2, 0.25) is 5.91 Å². The summed E-state index contributed by atoms with van der Waals surface area (Å²) in [4.78, 5) is 13.0. The summed E-state index contributed by atoms with van der Waals surface area (Å²) in [7, 11) is 2.91. The van der Waals surface area contributed by atoms with E-state index in [0.717, 1.165) is 24.8 Å². The fourth-order valence-electron chi connectivity index (χ4n) is 3.49. The van der Waals surface area contributed by atoms with Gasteiger partial charge in [-0.15, -0.1) is 0 Å². The molecule has 0 saturated carbocycles. The molecule has 0 fully saturated rings. The Morgan fingerprint density at radius 2 is 1.84 bits per heavy atom. The topological polar surface area (TPSA) is 47.6 Å². The van der Waals surface area contributed by atoms with Gasteiger partial charge in [-0.05, 0) is 37.3 Å². The molecule has 1 aliphatic carbocycles. The molecule has 0 saturated heterocycles. The molecule has 0 unspecified atom stereocenters. The number of methoxy groups -OCH3 is 2. The van der Waals surface area contributed by atoms with Crippen LogP contribution < -0.4 is 14.8 Å². The summed E-state index contributed by atoms with van der Waals surface area (Å²) in [6.07, 6.45) is 2.61. The largest absolute Gasteiger partial charge is 0.493 e. The first-order valence-electron chi connectivity index (χ1n) is 8.31. The molecule has 1 N–H and O–H groups in total. The van der Waals surface area contributed by atoms with Crippen molar-refractivity contribution >= 4 is 11.6 Å². The Labute approximate surface area is 147 Å². The van der Waals surface area contributed by atoms with Crippen molar-refractivity contribution in [2.75, 3.05) is 19.5 Å². The lowest BCUT2D eigenvalue weighted by atomic mass is 9.70. The maximum atomic E-state index is 14.4. The Morgan fingerprint density at radius 1 is 1.16 bits per heavy atom. The summed E-state index contributed by atoms with van der Waals surface area (Å²) in [6, 6.07) is 10.6. The van der Waals surface area contributed by atoms with Crippen molar-refractivity contribution in [1.82, 2.24) is 0 Å². The number of ether oxygens (including phenoxy) is 2. The number of amides is 1. The van der Waals surface area contributed by atoms with Crippen LogP contribution >= 0.6 is 0 Å². The van der Waals surface area contributed by atoms with Gasteiger partial charge >= 0.3 is 0 Å². The van der Waals surface area contributed by atoms with Crippen molar-refractivity contribution in [1.29, 1.82) is 0 Å². The van der Waals surface area contributed by atoms with E-state index in [1.54, 1.807) is 0 Å². The SMILES string of the molecule is COc1cc(F)c(NC(=O)[C@]2(C)CCCc3ccccc32)cc1OC. The third-order valence-electron chi connectivity index (χ3n) is 4.96. The van der Waals surface area contributed by atoms with E-state index >= 15 is 0 Å². The van der Waals surface area contributed by atoms with Crippen LogP contribution in [-0.4, -0.2) is 20.1 Å². The highest BCUT2D eigenvalue weighted by Gasteiger charge is 2.39. The molecule has 0 heterocycles. The number of carbonyl (C=O) groups is 1. The summed E-state index contributed by atoms with van der Waals surface area (Å²) in [5, 5.41) is 2.74. The normalized spacial score (nSPS) is 19.0. The summed E-state index contributed by atoms with van der Waals surface area (Å²) in [5.74, 6) is -0.120. The van der Waals surface area contributed by atoms with Crippen LogP contribution in [-0.2, 0) is 16.6 Å². The summed E-state index contributed by atoms with van der Waals surface area (Å²) in [5.41, 5.74) is 1.60. The number of fused-ring (bicyclic) bond motifs is 1. The highest BCUT2D eigenvalue weighted by molar-refractivity contribution is 5.99. The van der Waals surface area contributed by atoms with Crippen LogP contribution in [0.3, 0.4) is 0 Å². The average Bonchev–Trinajstić information content (AvgIpc) is 2.63. The lowest BCUT2D eigenvalue weighted by Gasteiger charge is -2.34. The Morgan fingerprint density at radius 3 is 2.56 bits per heavy atom. The number of anilines is 1. The van der Waals surface area contributed by atoms with Gasteiger partial charge in [0, 0.05) is 12.1 Å². The van der Waals surface area contributed by atoms with E-state index in [-0.39, 0.29) is 17.3 Å². The third-order valence-corrected chi connectivity index (χ3v) is 4.96. The first kappa shape index (κ1) is 17.3. The molecule has 3 rings (SSSR count). The van der Waals surface area contributed by atoms with Crippen LogP contribution in [0, 0.1) is 5.82 Å². The number of aryl methyl sites for hydroxylation is 1. The quantitative estimate of drug-likeness (QED) is 0.910. The highest BCUT2D eigenvalue weighted by atomic mass is 19.1. The molecule has 1 amide bonds. The third kappa shape index (κ3) is 3.06. The maximum absolute atomic E-state index is 14.4. The molecule has 5 heteroatoms. The first-order valence-corrected chi connectivity index (χ1v) is 8.31. The standard InChI is InChI=1S/C20H22FNO3/c1-20(10-6-8-13-7-4-5-9-14(13)20)19(23)22-16-12-18(25-3)17(24-2)11-15(16)21/h4-5,7,9,11-12H,6,8,10H2,1-3H3,(H,22,23)/t20-/m1/s1. The molecule has 25 heavy (non-hydrogen) atoms. The Hall–Kier alpha value is -2.56. The smallest absolute Gasteiger partial charge is 0.234 e. The van der Waals surface area contributed by atoms with E-state index in [1.807, 2.05) is 25.1 Å². The molecule has 0 aromatic heterocycles. The van der Waals surface area contributed by atoms with Crippen LogP contribution in [0.25, 0.3) is 0 Å². The average molecular weight is 343 g/mol. The number of nitrogens with one attached hydrogen (secondary N) is 1. The van der Waals surface area contributed by atoms with Crippen LogP contribution in [0.5, 0.6) is 11.5 Å². The van der Waals surface area contributed by atoms with Crippen molar-refractivity contribution in [2.45, 2.75) is 31.6 Å². The molecular weight excluding hydrogens is 321 g/mol. The van der Waals surface area contributed by atoms with Gasteiger partial charge in [0.15, 0.2) is 17.3 Å². The minimum absolute atomic E-state index is 0.0897. The van der Waals surface area contributed by atoms with Gasteiger partial charge in [-0.3, -0.25) is 4.79 Å². The Kier molecular flexibility index (Phi) is 4.66. The van der Waals surface area contributed by atoms with Crippen molar-refractivity contribution in [3.05, 3.63) is 53.3 Å². The minimum atomic E-state index is -0.686. The predicted molar refractivity (Wildman–Crippen MR) is 94.9 cm³/mol. The Bertz CT molecular complexity index is 806. The zero-order chi connectivity index (χ0) is 18.0. The van der Waals surface area contributed by atoms with Crippen LogP contribution in [0.1, 0.15) is 30.9 Å². The number of carbonyl (C=O) groups excluding carboxylic acids is 1. The zero-order valence-corrected chi connectivity index (χ0v) is 14.7. The first-order chi connectivity index (χ1) is 12.0. The highest BCUT2D eigenvalue weighted by Crippen LogP contribution is 2.39. The number of rotatable bonds is 4. The molecular formula is C20H22FNO3. The summed E-state index contributed by atoms with van der Waals surface area (Å²) < 4.78 is 24.6. The van der Waals surface area contributed by atoms with E-state index in [1.165, 1.54) is 31.9 Å². The van der Waals surface area contributed by atoms with Crippen molar-refractivity contribution in [3.8, 4) is 11.5 Å². The Balaban J connectivity index is 1.93. The monoisotopic (exact) mass is 343 g/mol. The minimum Gasteiger partial charge on any atom is -0.493 e. The van der Waals surface area contributed by atoms with Gasteiger partial charge in [0.1, 0.15) is 0 Å². The molecule has 0 aliphatic heterocycles. The fraction of sp³-hybridized carbons (Fsp3) is 0.350. The van der Waals surface area contributed by atoms with Gasteiger partial charge in [0.05, 0.1) is 25.3 Å². The second-order valence-electron chi connectivity index (χ2n) is 6.48. The zero-order valence-electron chi connectivity index (χ0n) is 14.7. The lowest BCUT2D eigenvalue weighted by Crippen LogP contribution is -2.40. The molecule has 0 radical (unpaired) electrons. The van der Waals surface area contributed by atoms with Crippen LogP contribution in [0.15, 0.2) is 36.4 Å². The molecule has 0 spiro atoms. The van der Waals surface area contributed by atoms with Gasteiger partial charge in [-0.25, -0.2) is 4.39 Å². The molecule has 2 aromatic rings. The lowest BCUT2D eigenvalue weighted by molar-refractivity contribution is -0.121. The number of benzene rings is 2. The molecule has 1 atom stereocenters. The second kappa shape index (κ2) is 6.75. The van der Waals surface area contributed by atoms with Crippen LogP contribution in [0.4, 0.5) is 10.1 Å². The maximum Gasteiger partial charge on any atom is 0.234 e.